The molecule has 0 radical (unpaired) electrons. The molecule has 96 valence electrons. The Balaban J connectivity index is 2.33. The number of aromatic nitrogens is 1. The van der Waals surface area contributed by atoms with E-state index in [0.29, 0.717) is 0 Å². The zero-order chi connectivity index (χ0) is 13.0. The molecule has 0 aliphatic rings. The fourth-order valence-electron chi connectivity index (χ4n) is 1.87. The first-order valence-corrected chi connectivity index (χ1v) is 7.32. The predicted molar refractivity (Wildman–Crippen MR) is 78.4 cm³/mol. The van der Waals surface area contributed by atoms with Gasteiger partial charge in [0.1, 0.15) is 0 Å². The molecule has 4 heteroatoms. The summed E-state index contributed by atoms with van der Waals surface area (Å²) in [6.07, 6.45) is 3.04. The highest BCUT2D eigenvalue weighted by atomic mass is 35.5. The Hall–Kier alpha value is -0.900. The molecule has 0 bridgehead atoms. The summed E-state index contributed by atoms with van der Waals surface area (Å²) in [5.41, 5.74) is 1.12. The maximum absolute atomic E-state index is 6.30. The Morgan fingerprint density at radius 2 is 2.17 bits per heavy atom. The van der Waals surface area contributed by atoms with Gasteiger partial charge in [0, 0.05) is 16.1 Å². The minimum Gasteiger partial charge on any atom is -0.306 e. The van der Waals surface area contributed by atoms with Gasteiger partial charge in [0.15, 0.2) is 0 Å². The topological polar surface area (TPSA) is 24.9 Å². The van der Waals surface area contributed by atoms with Crippen LogP contribution in [0.15, 0.2) is 30.5 Å². The van der Waals surface area contributed by atoms with E-state index in [-0.39, 0.29) is 6.04 Å². The van der Waals surface area contributed by atoms with Gasteiger partial charge in [-0.25, -0.2) is 4.98 Å². The molecule has 0 amide bonds. The second-order valence-electron chi connectivity index (χ2n) is 4.19. The van der Waals surface area contributed by atoms with Crippen molar-refractivity contribution in [1.82, 2.24) is 10.3 Å². The molecule has 2 aromatic rings. The number of nitrogens with zero attached hydrogens (tertiary/aromatic N) is 1. The second kappa shape index (κ2) is 6.32. The van der Waals surface area contributed by atoms with E-state index in [1.54, 1.807) is 11.3 Å². The molecule has 2 rings (SSSR count). The van der Waals surface area contributed by atoms with Crippen molar-refractivity contribution in [2.75, 3.05) is 6.54 Å². The van der Waals surface area contributed by atoms with E-state index in [1.807, 2.05) is 31.3 Å². The number of hydrogen-bond acceptors (Lipinski definition) is 3. The van der Waals surface area contributed by atoms with E-state index in [1.165, 1.54) is 4.88 Å². The highest BCUT2D eigenvalue weighted by Crippen LogP contribution is 2.31. The standard InChI is InChI=1S/C14H17ClN2S/c1-3-8-16-14(13-9-17-10(2)18-13)11-6-4-5-7-12(11)15/h4-7,9,14,16H,3,8H2,1-2H3. The first kappa shape index (κ1) is 13.5. The van der Waals surface area contributed by atoms with E-state index in [4.69, 9.17) is 11.6 Å². The van der Waals surface area contributed by atoms with Crippen LogP contribution in [0.1, 0.15) is 34.8 Å². The summed E-state index contributed by atoms with van der Waals surface area (Å²) in [5.74, 6) is 0. The van der Waals surface area contributed by atoms with Gasteiger partial charge in [0.2, 0.25) is 0 Å². The average molecular weight is 281 g/mol. The maximum atomic E-state index is 6.30. The van der Waals surface area contributed by atoms with Crippen LogP contribution in [0.2, 0.25) is 5.02 Å². The van der Waals surface area contributed by atoms with Crippen LogP contribution in [0.4, 0.5) is 0 Å². The Morgan fingerprint density at radius 3 is 2.78 bits per heavy atom. The second-order valence-corrected chi connectivity index (χ2v) is 5.86. The lowest BCUT2D eigenvalue weighted by Gasteiger charge is -2.18. The highest BCUT2D eigenvalue weighted by Gasteiger charge is 2.17. The molecule has 1 atom stereocenters. The van der Waals surface area contributed by atoms with Gasteiger partial charge < -0.3 is 5.32 Å². The third kappa shape index (κ3) is 3.10. The number of thiazole rings is 1. The smallest absolute Gasteiger partial charge is 0.0897 e. The van der Waals surface area contributed by atoms with E-state index < -0.39 is 0 Å². The van der Waals surface area contributed by atoms with Crippen molar-refractivity contribution in [2.24, 2.45) is 0 Å². The van der Waals surface area contributed by atoms with Crippen molar-refractivity contribution in [1.29, 1.82) is 0 Å². The average Bonchev–Trinajstić information content (AvgIpc) is 2.78. The van der Waals surface area contributed by atoms with Crippen molar-refractivity contribution >= 4 is 22.9 Å². The van der Waals surface area contributed by atoms with Crippen LogP contribution in [0.25, 0.3) is 0 Å². The summed E-state index contributed by atoms with van der Waals surface area (Å²) in [6.45, 7) is 5.15. The molecular weight excluding hydrogens is 264 g/mol. The molecule has 1 heterocycles. The Bertz CT molecular complexity index is 510. The third-order valence-electron chi connectivity index (χ3n) is 2.74. The highest BCUT2D eigenvalue weighted by molar-refractivity contribution is 7.11. The van der Waals surface area contributed by atoms with Crippen LogP contribution in [0, 0.1) is 6.92 Å². The molecule has 1 N–H and O–H groups in total. The normalized spacial score (nSPS) is 12.6. The fraction of sp³-hybridized carbons (Fsp3) is 0.357. The first-order chi connectivity index (χ1) is 8.72. The van der Waals surface area contributed by atoms with Gasteiger partial charge >= 0.3 is 0 Å². The summed E-state index contributed by atoms with van der Waals surface area (Å²) in [7, 11) is 0. The molecule has 0 fully saturated rings. The van der Waals surface area contributed by atoms with E-state index >= 15 is 0 Å². The zero-order valence-electron chi connectivity index (χ0n) is 10.6. The minimum absolute atomic E-state index is 0.143. The summed E-state index contributed by atoms with van der Waals surface area (Å²) >= 11 is 8.02. The number of hydrogen-bond donors (Lipinski definition) is 1. The quantitative estimate of drug-likeness (QED) is 0.888. The lowest BCUT2D eigenvalue weighted by atomic mass is 10.1. The maximum Gasteiger partial charge on any atom is 0.0897 e. The van der Waals surface area contributed by atoms with Gasteiger partial charge in [-0.2, -0.15) is 0 Å². The van der Waals surface area contributed by atoms with Crippen LogP contribution in [0.3, 0.4) is 0 Å². The Kier molecular flexibility index (Phi) is 4.75. The predicted octanol–water partition coefficient (Wildman–Crippen LogP) is 4.19. The largest absolute Gasteiger partial charge is 0.306 e. The number of aryl methyl sites for hydroxylation is 1. The van der Waals surface area contributed by atoms with Crippen molar-refractivity contribution in [3.8, 4) is 0 Å². The Morgan fingerprint density at radius 1 is 1.39 bits per heavy atom. The van der Waals surface area contributed by atoms with Gasteiger partial charge in [-0.3, -0.25) is 0 Å². The van der Waals surface area contributed by atoms with Crippen LogP contribution in [0.5, 0.6) is 0 Å². The number of rotatable bonds is 5. The van der Waals surface area contributed by atoms with Gasteiger partial charge in [-0.05, 0) is 31.5 Å². The summed E-state index contributed by atoms with van der Waals surface area (Å²) in [6, 6.07) is 8.14. The van der Waals surface area contributed by atoms with Crippen LogP contribution in [-0.4, -0.2) is 11.5 Å². The molecular formula is C14H17ClN2S. The lowest BCUT2D eigenvalue weighted by molar-refractivity contribution is 0.605. The molecule has 1 unspecified atom stereocenters. The molecule has 0 aliphatic carbocycles. The van der Waals surface area contributed by atoms with Gasteiger partial charge in [-0.15, -0.1) is 11.3 Å². The number of nitrogens with one attached hydrogen (secondary N) is 1. The number of benzene rings is 1. The summed E-state index contributed by atoms with van der Waals surface area (Å²) in [5, 5.41) is 5.43. The summed E-state index contributed by atoms with van der Waals surface area (Å²) < 4.78 is 0. The molecule has 0 saturated heterocycles. The minimum atomic E-state index is 0.143. The molecule has 18 heavy (non-hydrogen) atoms. The molecule has 0 saturated carbocycles. The molecule has 0 spiro atoms. The van der Waals surface area contributed by atoms with Crippen LogP contribution < -0.4 is 5.32 Å². The van der Waals surface area contributed by atoms with Crippen molar-refractivity contribution in [2.45, 2.75) is 26.3 Å². The first-order valence-electron chi connectivity index (χ1n) is 6.12. The van der Waals surface area contributed by atoms with Crippen LogP contribution in [-0.2, 0) is 0 Å². The van der Waals surface area contributed by atoms with Gasteiger partial charge in [0.25, 0.3) is 0 Å². The van der Waals surface area contributed by atoms with Crippen molar-refractivity contribution < 1.29 is 0 Å². The number of halogens is 1. The molecule has 1 aromatic heterocycles. The van der Waals surface area contributed by atoms with Gasteiger partial charge in [-0.1, -0.05) is 36.7 Å². The summed E-state index contributed by atoms with van der Waals surface area (Å²) in [4.78, 5) is 5.55. The van der Waals surface area contributed by atoms with Crippen molar-refractivity contribution in [3.05, 3.63) is 50.9 Å². The molecule has 1 aromatic carbocycles. The molecule has 0 aliphatic heterocycles. The van der Waals surface area contributed by atoms with Crippen LogP contribution >= 0.6 is 22.9 Å². The van der Waals surface area contributed by atoms with Gasteiger partial charge in [0.05, 0.1) is 11.0 Å². The van der Waals surface area contributed by atoms with E-state index in [2.05, 4.69) is 23.3 Å². The lowest BCUT2D eigenvalue weighted by Crippen LogP contribution is -2.22. The zero-order valence-corrected chi connectivity index (χ0v) is 12.2. The monoisotopic (exact) mass is 280 g/mol. The SMILES string of the molecule is CCCNC(c1cnc(C)s1)c1ccccc1Cl. The van der Waals surface area contributed by atoms with Crippen molar-refractivity contribution in [3.63, 3.8) is 0 Å². The molecule has 2 nitrogen and oxygen atoms in total. The van der Waals surface area contributed by atoms with E-state index in [9.17, 15) is 0 Å². The fourth-order valence-corrected chi connectivity index (χ4v) is 3.00. The van der Waals surface area contributed by atoms with E-state index in [0.717, 1.165) is 28.6 Å². The Labute approximate surface area is 117 Å². The third-order valence-corrected chi connectivity index (χ3v) is 4.06.